The Morgan fingerprint density at radius 3 is 2.29 bits per heavy atom. The number of halogens is 2. The normalized spacial score (nSPS) is 16.5. The summed E-state index contributed by atoms with van der Waals surface area (Å²) in [4.78, 5) is 0. The van der Waals surface area contributed by atoms with E-state index in [-0.39, 0.29) is 5.56 Å². The van der Waals surface area contributed by atoms with E-state index >= 15 is 0 Å². The van der Waals surface area contributed by atoms with Gasteiger partial charge in [-0.15, -0.1) is 0 Å². The molecule has 1 aromatic rings. The predicted octanol–water partition coefficient (Wildman–Crippen LogP) is 3.69. The van der Waals surface area contributed by atoms with E-state index in [0.29, 0.717) is 18.9 Å². The van der Waals surface area contributed by atoms with Crippen molar-refractivity contribution in [1.82, 2.24) is 5.32 Å². The Bertz CT molecular complexity index is 366. The van der Waals surface area contributed by atoms with Gasteiger partial charge in [-0.3, -0.25) is 0 Å². The van der Waals surface area contributed by atoms with Crippen LogP contribution in [-0.2, 0) is 12.5 Å². The molecule has 0 bridgehead atoms. The first kappa shape index (κ1) is 12.5. The molecule has 1 saturated carbocycles. The zero-order valence-electron chi connectivity index (χ0n) is 10.3. The van der Waals surface area contributed by atoms with Crippen molar-refractivity contribution in [2.45, 2.75) is 45.2 Å². The van der Waals surface area contributed by atoms with Crippen molar-refractivity contribution < 1.29 is 8.78 Å². The average molecular weight is 239 g/mol. The third-order valence-corrected chi connectivity index (χ3v) is 3.14. The van der Waals surface area contributed by atoms with E-state index in [2.05, 4.69) is 19.2 Å². The van der Waals surface area contributed by atoms with Gasteiger partial charge in [-0.05, 0) is 18.4 Å². The number of hydrogen-bond acceptors (Lipinski definition) is 1. The van der Waals surface area contributed by atoms with E-state index in [1.165, 1.54) is 0 Å². The van der Waals surface area contributed by atoms with Gasteiger partial charge in [0, 0.05) is 24.1 Å². The Morgan fingerprint density at radius 1 is 1.24 bits per heavy atom. The molecule has 3 heteroatoms. The first-order valence-corrected chi connectivity index (χ1v) is 6.20. The standard InChI is InChI=1S/C14H19F2N/c1-10(2)17-9-11-3-5-12(6-4-11)14(15,16)13-7-8-13/h3-6,10,13,17H,7-9H2,1-2H3. The fourth-order valence-corrected chi connectivity index (χ4v) is 1.85. The second-order valence-electron chi connectivity index (χ2n) is 5.13. The Labute approximate surface area is 101 Å². The highest BCUT2D eigenvalue weighted by atomic mass is 19.3. The van der Waals surface area contributed by atoms with Crippen molar-refractivity contribution in [2.24, 2.45) is 5.92 Å². The summed E-state index contributed by atoms with van der Waals surface area (Å²) in [7, 11) is 0. The van der Waals surface area contributed by atoms with E-state index < -0.39 is 11.8 Å². The van der Waals surface area contributed by atoms with Crippen LogP contribution >= 0.6 is 0 Å². The summed E-state index contributed by atoms with van der Waals surface area (Å²) in [5, 5.41) is 3.27. The molecule has 2 rings (SSSR count). The molecule has 94 valence electrons. The van der Waals surface area contributed by atoms with Crippen LogP contribution in [0.4, 0.5) is 8.78 Å². The molecule has 0 unspecified atom stereocenters. The fourth-order valence-electron chi connectivity index (χ4n) is 1.85. The Kier molecular flexibility index (Phi) is 3.48. The SMILES string of the molecule is CC(C)NCc1ccc(C(F)(F)C2CC2)cc1. The van der Waals surface area contributed by atoms with Crippen LogP contribution in [0.2, 0.25) is 0 Å². The van der Waals surface area contributed by atoms with Gasteiger partial charge in [-0.2, -0.15) is 0 Å². The van der Waals surface area contributed by atoms with Crippen molar-refractivity contribution in [1.29, 1.82) is 0 Å². The van der Waals surface area contributed by atoms with Crippen LogP contribution in [0.1, 0.15) is 37.8 Å². The summed E-state index contributed by atoms with van der Waals surface area (Å²) in [5.74, 6) is -3.06. The molecule has 0 aromatic heterocycles. The lowest BCUT2D eigenvalue weighted by molar-refractivity contribution is -0.0285. The van der Waals surface area contributed by atoms with Crippen molar-refractivity contribution in [2.75, 3.05) is 0 Å². The largest absolute Gasteiger partial charge is 0.310 e. The quantitative estimate of drug-likeness (QED) is 0.826. The summed E-state index contributed by atoms with van der Waals surface area (Å²) < 4.78 is 27.5. The van der Waals surface area contributed by atoms with Gasteiger partial charge in [-0.1, -0.05) is 38.1 Å². The smallest absolute Gasteiger partial charge is 0.276 e. The van der Waals surface area contributed by atoms with Crippen LogP contribution in [0.5, 0.6) is 0 Å². The number of nitrogens with one attached hydrogen (secondary N) is 1. The zero-order valence-corrected chi connectivity index (χ0v) is 10.3. The molecule has 0 heterocycles. The van der Waals surface area contributed by atoms with Crippen LogP contribution in [0.25, 0.3) is 0 Å². The molecule has 1 aliphatic carbocycles. The van der Waals surface area contributed by atoms with Gasteiger partial charge in [0.25, 0.3) is 5.92 Å². The monoisotopic (exact) mass is 239 g/mol. The van der Waals surface area contributed by atoms with Crippen LogP contribution in [0.3, 0.4) is 0 Å². The molecule has 0 aliphatic heterocycles. The molecule has 0 atom stereocenters. The fraction of sp³-hybridized carbons (Fsp3) is 0.571. The average Bonchev–Trinajstić information content (AvgIpc) is 3.11. The lowest BCUT2D eigenvalue weighted by Gasteiger charge is -2.16. The van der Waals surface area contributed by atoms with E-state index in [1.54, 1.807) is 24.3 Å². The van der Waals surface area contributed by atoms with E-state index in [1.807, 2.05) is 0 Å². The highest BCUT2D eigenvalue weighted by Crippen LogP contribution is 2.49. The first-order chi connectivity index (χ1) is 8.00. The van der Waals surface area contributed by atoms with Gasteiger partial charge < -0.3 is 5.32 Å². The Balaban J connectivity index is 2.02. The predicted molar refractivity (Wildman–Crippen MR) is 65.0 cm³/mol. The van der Waals surface area contributed by atoms with Crippen molar-refractivity contribution in [3.8, 4) is 0 Å². The highest BCUT2D eigenvalue weighted by molar-refractivity contribution is 5.27. The molecule has 1 N–H and O–H groups in total. The maximum absolute atomic E-state index is 13.8. The summed E-state index contributed by atoms with van der Waals surface area (Å²) >= 11 is 0. The molecule has 1 fully saturated rings. The molecule has 1 aromatic carbocycles. The minimum atomic E-state index is -2.63. The molecule has 1 aliphatic rings. The van der Waals surface area contributed by atoms with Crippen molar-refractivity contribution in [3.63, 3.8) is 0 Å². The molecule has 0 amide bonds. The van der Waals surface area contributed by atoms with E-state index in [0.717, 1.165) is 12.1 Å². The van der Waals surface area contributed by atoms with Gasteiger partial charge in [0.2, 0.25) is 0 Å². The highest BCUT2D eigenvalue weighted by Gasteiger charge is 2.47. The minimum Gasteiger partial charge on any atom is -0.310 e. The molecular formula is C14H19F2N. The topological polar surface area (TPSA) is 12.0 Å². The second kappa shape index (κ2) is 4.73. The molecule has 17 heavy (non-hydrogen) atoms. The third kappa shape index (κ3) is 3.03. The summed E-state index contributed by atoms with van der Waals surface area (Å²) in [6.45, 7) is 4.86. The van der Waals surface area contributed by atoms with Gasteiger partial charge in [0.15, 0.2) is 0 Å². The van der Waals surface area contributed by atoms with Crippen LogP contribution < -0.4 is 5.32 Å². The maximum Gasteiger partial charge on any atom is 0.276 e. The van der Waals surface area contributed by atoms with Gasteiger partial charge in [0.1, 0.15) is 0 Å². The number of benzene rings is 1. The Morgan fingerprint density at radius 2 is 1.82 bits per heavy atom. The number of rotatable bonds is 5. The first-order valence-electron chi connectivity index (χ1n) is 6.20. The maximum atomic E-state index is 13.8. The van der Waals surface area contributed by atoms with Crippen LogP contribution in [0, 0.1) is 5.92 Å². The summed E-state index contributed by atoms with van der Waals surface area (Å²) in [5.41, 5.74) is 1.21. The van der Waals surface area contributed by atoms with E-state index in [4.69, 9.17) is 0 Å². The van der Waals surface area contributed by atoms with Crippen LogP contribution in [0.15, 0.2) is 24.3 Å². The van der Waals surface area contributed by atoms with Crippen LogP contribution in [-0.4, -0.2) is 6.04 Å². The number of alkyl halides is 2. The van der Waals surface area contributed by atoms with E-state index in [9.17, 15) is 8.78 Å². The lowest BCUT2D eigenvalue weighted by atomic mass is 10.0. The molecule has 0 spiro atoms. The van der Waals surface area contributed by atoms with Gasteiger partial charge in [-0.25, -0.2) is 8.78 Å². The third-order valence-electron chi connectivity index (χ3n) is 3.14. The molecule has 1 nitrogen and oxygen atoms in total. The summed E-state index contributed by atoms with van der Waals surface area (Å²) in [6.07, 6.45) is 1.31. The molecule has 0 radical (unpaired) electrons. The molecule has 0 saturated heterocycles. The number of hydrogen-bond donors (Lipinski definition) is 1. The van der Waals surface area contributed by atoms with Crippen molar-refractivity contribution in [3.05, 3.63) is 35.4 Å². The molecular weight excluding hydrogens is 220 g/mol. The Hall–Kier alpha value is -0.960. The summed E-state index contributed by atoms with van der Waals surface area (Å²) in [6, 6.07) is 7.12. The lowest BCUT2D eigenvalue weighted by Crippen LogP contribution is -2.22. The van der Waals surface area contributed by atoms with Gasteiger partial charge >= 0.3 is 0 Å². The van der Waals surface area contributed by atoms with Crippen molar-refractivity contribution >= 4 is 0 Å². The second-order valence-corrected chi connectivity index (χ2v) is 5.13. The minimum absolute atomic E-state index is 0.160. The van der Waals surface area contributed by atoms with Gasteiger partial charge in [0.05, 0.1) is 0 Å². The zero-order chi connectivity index (χ0) is 12.5.